The predicted molar refractivity (Wildman–Crippen MR) is 65.7 cm³/mol. The van der Waals surface area contributed by atoms with Crippen LogP contribution in [-0.4, -0.2) is 40.5 Å². The molecule has 1 aromatic rings. The van der Waals surface area contributed by atoms with Gasteiger partial charge in [0.1, 0.15) is 5.69 Å². The number of hydrogen-bond donors (Lipinski definition) is 1. The highest BCUT2D eigenvalue weighted by atomic mass is 79.9. The van der Waals surface area contributed by atoms with Crippen molar-refractivity contribution in [2.75, 3.05) is 13.6 Å². The lowest BCUT2D eigenvalue weighted by atomic mass is 10.1. The van der Waals surface area contributed by atoms with Crippen molar-refractivity contribution in [3.63, 3.8) is 0 Å². The fourth-order valence-electron chi connectivity index (χ4n) is 1.30. The quantitative estimate of drug-likeness (QED) is 0.917. The molecule has 17 heavy (non-hydrogen) atoms. The number of rotatable bonds is 4. The average molecular weight is 301 g/mol. The van der Waals surface area contributed by atoms with Gasteiger partial charge in [-0.25, -0.2) is 4.98 Å². The Bertz CT molecular complexity index is 436. The number of carboxylic acids is 1. The SMILES string of the molecule is CC(CN(C)C(=O)c1ncccc1Br)C(=O)O. The smallest absolute Gasteiger partial charge is 0.308 e. The Morgan fingerprint density at radius 3 is 2.76 bits per heavy atom. The predicted octanol–water partition coefficient (Wildman–Crippen LogP) is 1.64. The van der Waals surface area contributed by atoms with Crippen molar-refractivity contribution in [2.24, 2.45) is 5.92 Å². The van der Waals surface area contributed by atoms with Gasteiger partial charge in [-0.3, -0.25) is 9.59 Å². The second kappa shape index (κ2) is 5.77. The number of carbonyl (C=O) groups is 2. The molecule has 0 saturated heterocycles. The molecule has 1 unspecified atom stereocenters. The zero-order valence-corrected chi connectivity index (χ0v) is 11.1. The van der Waals surface area contributed by atoms with Gasteiger partial charge in [-0.1, -0.05) is 6.92 Å². The molecule has 0 spiro atoms. The third kappa shape index (κ3) is 3.52. The molecule has 0 aliphatic carbocycles. The van der Waals surface area contributed by atoms with Gasteiger partial charge in [-0.05, 0) is 28.1 Å². The highest BCUT2D eigenvalue weighted by Crippen LogP contribution is 2.15. The zero-order chi connectivity index (χ0) is 13.0. The van der Waals surface area contributed by atoms with E-state index in [1.807, 2.05) is 0 Å². The Kier molecular flexibility index (Phi) is 4.62. The topological polar surface area (TPSA) is 70.5 Å². The van der Waals surface area contributed by atoms with E-state index in [9.17, 15) is 9.59 Å². The van der Waals surface area contributed by atoms with Crippen LogP contribution < -0.4 is 0 Å². The van der Waals surface area contributed by atoms with Crippen LogP contribution in [0.2, 0.25) is 0 Å². The number of halogens is 1. The number of amides is 1. The van der Waals surface area contributed by atoms with Gasteiger partial charge in [0.05, 0.1) is 5.92 Å². The minimum atomic E-state index is -0.926. The van der Waals surface area contributed by atoms with Crippen molar-refractivity contribution in [3.8, 4) is 0 Å². The highest BCUT2D eigenvalue weighted by Gasteiger charge is 2.20. The number of hydrogen-bond acceptors (Lipinski definition) is 3. The summed E-state index contributed by atoms with van der Waals surface area (Å²) in [4.78, 5) is 28.0. The lowest BCUT2D eigenvalue weighted by Gasteiger charge is -2.19. The van der Waals surface area contributed by atoms with Crippen LogP contribution in [0.1, 0.15) is 17.4 Å². The van der Waals surface area contributed by atoms with Crippen LogP contribution in [-0.2, 0) is 4.79 Å². The molecule has 5 nitrogen and oxygen atoms in total. The van der Waals surface area contributed by atoms with Crippen LogP contribution in [0, 0.1) is 5.92 Å². The first-order valence-electron chi connectivity index (χ1n) is 5.02. The molecule has 0 radical (unpaired) electrons. The van der Waals surface area contributed by atoms with Crippen LogP contribution >= 0.6 is 15.9 Å². The van der Waals surface area contributed by atoms with Crippen molar-refractivity contribution < 1.29 is 14.7 Å². The minimum absolute atomic E-state index is 0.150. The number of carboxylic acid groups (broad SMARTS) is 1. The minimum Gasteiger partial charge on any atom is -0.481 e. The summed E-state index contributed by atoms with van der Waals surface area (Å²) in [6, 6.07) is 3.43. The highest BCUT2D eigenvalue weighted by molar-refractivity contribution is 9.10. The molecule has 0 fully saturated rings. The van der Waals surface area contributed by atoms with Crippen molar-refractivity contribution >= 4 is 27.8 Å². The normalized spacial score (nSPS) is 11.9. The van der Waals surface area contributed by atoms with Gasteiger partial charge >= 0.3 is 5.97 Å². The third-order valence-electron chi connectivity index (χ3n) is 2.28. The first-order chi connectivity index (χ1) is 7.93. The molecular weight excluding hydrogens is 288 g/mol. The summed E-state index contributed by atoms with van der Waals surface area (Å²) in [5, 5.41) is 8.77. The molecule has 0 aliphatic rings. The largest absolute Gasteiger partial charge is 0.481 e. The number of pyridine rings is 1. The van der Waals surface area contributed by atoms with Gasteiger partial charge in [0, 0.05) is 24.3 Å². The van der Waals surface area contributed by atoms with Crippen LogP contribution in [0.25, 0.3) is 0 Å². The van der Waals surface area contributed by atoms with E-state index in [-0.39, 0.29) is 18.1 Å². The van der Waals surface area contributed by atoms with Crippen LogP contribution in [0.15, 0.2) is 22.8 Å². The fraction of sp³-hybridized carbons (Fsp3) is 0.364. The molecule has 1 N–H and O–H groups in total. The average Bonchev–Trinajstić information content (AvgIpc) is 2.28. The maximum Gasteiger partial charge on any atom is 0.308 e. The van der Waals surface area contributed by atoms with Crippen LogP contribution in [0.5, 0.6) is 0 Å². The third-order valence-corrected chi connectivity index (χ3v) is 2.92. The molecule has 0 aromatic carbocycles. The van der Waals surface area contributed by atoms with E-state index in [0.717, 1.165) is 0 Å². The molecule has 0 bridgehead atoms. The van der Waals surface area contributed by atoms with E-state index in [4.69, 9.17) is 5.11 Å². The summed E-state index contributed by atoms with van der Waals surface area (Å²) in [6.07, 6.45) is 1.52. The first-order valence-corrected chi connectivity index (χ1v) is 5.81. The maximum atomic E-state index is 12.0. The second-order valence-corrected chi connectivity index (χ2v) is 4.61. The molecule has 0 aliphatic heterocycles. The number of aliphatic carboxylic acids is 1. The molecule has 1 atom stereocenters. The van der Waals surface area contributed by atoms with Gasteiger partial charge in [0.25, 0.3) is 5.91 Å². The second-order valence-electron chi connectivity index (χ2n) is 3.76. The van der Waals surface area contributed by atoms with Crippen molar-refractivity contribution in [1.82, 2.24) is 9.88 Å². The maximum absolute atomic E-state index is 12.0. The lowest BCUT2D eigenvalue weighted by Crippen LogP contribution is -2.34. The van der Waals surface area contributed by atoms with E-state index in [1.54, 1.807) is 26.1 Å². The Balaban J connectivity index is 2.77. The van der Waals surface area contributed by atoms with E-state index < -0.39 is 11.9 Å². The van der Waals surface area contributed by atoms with Gasteiger partial charge in [0.15, 0.2) is 0 Å². The summed E-state index contributed by atoms with van der Waals surface area (Å²) < 4.78 is 0.597. The number of carbonyl (C=O) groups excluding carboxylic acids is 1. The summed E-state index contributed by atoms with van der Waals surface area (Å²) in [5.41, 5.74) is 0.285. The molecule has 1 aromatic heterocycles. The van der Waals surface area contributed by atoms with Gasteiger partial charge in [0.2, 0.25) is 0 Å². The van der Waals surface area contributed by atoms with E-state index in [2.05, 4.69) is 20.9 Å². The molecule has 1 heterocycles. The van der Waals surface area contributed by atoms with Crippen LogP contribution in [0.3, 0.4) is 0 Å². The van der Waals surface area contributed by atoms with Crippen molar-refractivity contribution in [2.45, 2.75) is 6.92 Å². The molecule has 92 valence electrons. The fourth-order valence-corrected chi connectivity index (χ4v) is 1.72. The molecule has 6 heteroatoms. The Hall–Kier alpha value is -1.43. The number of aromatic nitrogens is 1. The van der Waals surface area contributed by atoms with Crippen LogP contribution in [0.4, 0.5) is 0 Å². The van der Waals surface area contributed by atoms with E-state index in [1.165, 1.54) is 11.1 Å². The van der Waals surface area contributed by atoms with Gasteiger partial charge < -0.3 is 10.0 Å². The van der Waals surface area contributed by atoms with Gasteiger partial charge in [-0.2, -0.15) is 0 Å². The van der Waals surface area contributed by atoms with Gasteiger partial charge in [-0.15, -0.1) is 0 Å². The Morgan fingerprint density at radius 2 is 2.24 bits per heavy atom. The van der Waals surface area contributed by atoms with Crippen molar-refractivity contribution in [1.29, 1.82) is 0 Å². The molecular formula is C11H13BrN2O3. The van der Waals surface area contributed by atoms with E-state index >= 15 is 0 Å². The van der Waals surface area contributed by atoms with Crippen molar-refractivity contribution in [3.05, 3.63) is 28.5 Å². The first kappa shape index (κ1) is 13.6. The lowest BCUT2D eigenvalue weighted by molar-refractivity contribution is -0.141. The Labute approximate surface area is 108 Å². The monoisotopic (exact) mass is 300 g/mol. The summed E-state index contributed by atoms with van der Waals surface area (Å²) in [7, 11) is 1.56. The zero-order valence-electron chi connectivity index (χ0n) is 9.55. The van der Waals surface area contributed by atoms with E-state index in [0.29, 0.717) is 4.47 Å². The Morgan fingerprint density at radius 1 is 1.59 bits per heavy atom. The number of nitrogens with zero attached hydrogens (tertiary/aromatic N) is 2. The summed E-state index contributed by atoms with van der Waals surface area (Å²) in [6.45, 7) is 1.71. The molecule has 0 saturated carbocycles. The summed E-state index contributed by atoms with van der Waals surface area (Å²) in [5.74, 6) is -1.83. The standard InChI is InChI=1S/C11H13BrN2O3/c1-7(11(16)17)6-14(2)10(15)9-8(12)4-3-5-13-9/h3-5,7H,6H2,1-2H3,(H,16,17). The molecule has 1 rings (SSSR count). The summed E-state index contributed by atoms with van der Waals surface area (Å²) >= 11 is 3.23. The molecule has 1 amide bonds.